The molecule has 5 heteroatoms. The molecule has 0 spiro atoms. The van der Waals surface area contributed by atoms with Gasteiger partial charge in [0.05, 0.1) is 12.1 Å². The maximum Gasteiger partial charge on any atom is 0.335 e. The molecule has 0 bridgehead atoms. The maximum absolute atomic E-state index is 10.9. The van der Waals surface area contributed by atoms with Crippen LogP contribution in [0.4, 0.5) is 5.69 Å². The number of hydrogen-bond acceptors (Lipinski definition) is 4. The molecule has 0 atom stereocenters. The summed E-state index contributed by atoms with van der Waals surface area (Å²) in [7, 11) is 0. The monoisotopic (exact) mass is 276 g/mol. The molecule has 0 saturated heterocycles. The van der Waals surface area contributed by atoms with Crippen molar-refractivity contribution < 1.29 is 9.90 Å². The SMILES string of the molecule is CCc1cnc(CNc2ccc(C(=O)O)cc2C)s1. The Morgan fingerprint density at radius 2 is 2.26 bits per heavy atom. The summed E-state index contributed by atoms with van der Waals surface area (Å²) in [6.45, 7) is 4.67. The fourth-order valence-electron chi connectivity index (χ4n) is 1.76. The predicted octanol–water partition coefficient (Wildman–Crippen LogP) is 3.32. The maximum atomic E-state index is 10.9. The number of thiazole rings is 1. The molecule has 0 aliphatic carbocycles. The van der Waals surface area contributed by atoms with Gasteiger partial charge in [-0.3, -0.25) is 0 Å². The van der Waals surface area contributed by atoms with Gasteiger partial charge in [-0.25, -0.2) is 9.78 Å². The quantitative estimate of drug-likeness (QED) is 0.879. The molecule has 2 N–H and O–H groups in total. The van der Waals surface area contributed by atoms with E-state index >= 15 is 0 Å². The Labute approximate surface area is 116 Å². The largest absolute Gasteiger partial charge is 0.478 e. The van der Waals surface area contributed by atoms with E-state index in [2.05, 4.69) is 17.2 Å². The van der Waals surface area contributed by atoms with E-state index in [0.717, 1.165) is 22.7 Å². The van der Waals surface area contributed by atoms with Crippen LogP contribution in [0.3, 0.4) is 0 Å². The van der Waals surface area contributed by atoms with E-state index in [1.165, 1.54) is 4.88 Å². The van der Waals surface area contributed by atoms with Crippen molar-refractivity contribution in [2.75, 3.05) is 5.32 Å². The summed E-state index contributed by atoms with van der Waals surface area (Å²) in [4.78, 5) is 16.5. The number of aryl methyl sites for hydroxylation is 2. The summed E-state index contributed by atoms with van der Waals surface area (Å²) in [6, 6.07) is 5.08. The fraction of sp³-hybridized carbons (Fsp3) is 0.286. The molecule has 0 fully saturated rings. The highest BCUT2D eigenvalue weighted by Gasteiger charge is 2.06. The average Bonchev–Trinajstić information content (AvgIpc) is 2.85. The normalized spacial score (nSPS) is 10.4. The molecule has 2 rings (SSSR count). The van der Waals surface area contributed by atoms with Crippen molar-refractivity contribution in [1.29, 1.82) is 0 Å². The molecule has 0 radical (unpaired) electrons. The first-order chi connectivity index (χ1) is 9.10. The number of nitrogens with one attached hydrogen (secondary N) is 1. The van der Waals surface area contributed by atoms with Gasteiger partial charge < -0.3 is 10.4 Å². The molecular formula is C14H16N2O2S. The molecule has 19 heavy (non-hydrogen) atoms. The predicted molar refractivity (Wildman–Crippen MR) is 77.0 cm³/mol. The second-order valence-corrected chi connectivity index (χ2v) is 5.46. The van der Waals surface area contributed by atoms with Crippen LogP contribution in [0.5, 0.6) is 0 Å². The number of rotatable bonds is 5. The Balaban J connectivity index is 2.05. The van der Waals surface area contributed by atoms with Crippen LogP contribution < -0.4 is 5.32 Å². The lowest BCUT2D eigenvalue weighted by Crippen LogP contribution is -2.02. The third kappa shape index (κ3) is 3.32. The van der Waals surface area contributed by atoms with E-state index in [1.807, 2.05) is 13.1 Å². The molecular weight excluding hydrogens is 260 g/mol. The number of aromatic nitrogens is 1. The van der Waals surface area contributed by atoms with Crippen LogP contribution in [-0.2, 0) is 13.0 Å². The fourth-order valence-corrected chi connectivity index (χ4v) is 2.56. The van der Waals surface area contributed by atoms with Crippen molar-refractivity contribution in [3.63, 3.8) is 0 Å². The Kier molecular flexibility index (Phi) is 4.16. The van der Waals surface area contributed by atoms with Gasteiger partial charge >= 0.3 is 5.97 Å². The van der Waals surface area contributed by atoms with Gasteiger partial charge in [-0.05, 0) is 37.1 Å². The molecule has 0 aliphatic heterocycles. The van der Waals surface area contributed by atoms with Crippen molar-refractivity contribution in [2.45, 2.75) is 26.8 Å². The highest BCUT2D eigenvalue weighted by molar-refractivity contribution is 7.11. The van der Waals surface area contributed by atoms with E-state index in [1.54, 1.807) is 29.5 Å². The number of carboxylic acid groups (broad SMARTS) is 1. The molecule has 1 heterocycles. The highest BCUT2D eigenvalue weighted by Crippen LogP contribution is 2.19. The van der Waals surface area contributed by atoms with Crippen molar-refractivity contribution >= 4 is 23.0 Å². The first kappa shape index (κ1) is 13.5. The van der Waals surface area contributed by atoms with E-state index in [4.69, 9.17) is 5.11 Å². The molecule has 1 aromatic heterocycles. The number of hydrogen-bond donors (Lipinski definition) is 2. The van der Waals surface area contributed by atoms with Gasteiger partial charge in [0.2, 0.25) is 0 Å². The van der Waals surface area contributed by atoms with Crippen molar-refractivity contribution in [3.8, 4) is 0 Å². The molecule has 0 saturated carbocycles. The van der Waals surface area contributed by atoms with Crippen LogP contribution in [0, 0.1) is 6.92 Å². The van der Waals surface area contributed by atoms with Gasteiger partial charge in [-0.15, -0.1) is 11.3 Å². The zero-order valence-electron chi connectivity index (χ0n) is 10.9. The second kappa shape index (κ2) is 5.84. The number of anilines is 1. The second-order valence-electron chi connectivity index (χ2n) is 4.26. The summed E-state index contributed by atoms with van der Waals surface area (Å²) in [5.74, 6) is -0.901. The smallest absolute Gasteiger partial charge is 0.335 e. The van der Waals surface area contributed by atoms with Crippen molar-refractivity contribution in [2.24, 2.45) is 0 Å². The summed E-state index contributed by atoms with van der Waals surface area (Å²) in [5.41, 5.74) is 2.18. The lowest BCUT2D eigenvalue weighted by atomic mass is 10.1. The van der Waals surface area contributed by atoms with Gasteiger partial charge in [0.15, 0.2) is 0 Å². The lowest BCUT2D eigenvalue weighted by molar-refractivity contribution is 0.0697. The molecule has 0 aliphatic rings. The Morgan fingerprint density at radius 1 is 1.47 bits per heavy atom. The lowest BCUT2D eigenvalue weighted by Gasteiger charge is -2.08. The number of carboxylic acids is 1. The first-order valence-electron chi connectivity index (χ1n) is 6.11. The minimum Gasteiger partial charge on any atom is -0.478 e. The zero-order chi connectivity index (χ0) is 13.8. The Bertz CT molecular complexity index is 593. The minimum atomic E-state index is -0.901. The number of carbonyl (C=O) groups is 1. The summed E-state index contributed by atoms with van der Waals surface area (Å²) in [5, 5.41) is 13.2. The number of benzene rings is 1. The molecule has 1 aromatic carbocycles. The topological polar surface area (TPSA) is 62.2 Å². The standard InChI is InChI=1S/C14H16N2O2S/c1-3-11-7-16-13(19-11)8-15-12-5-4-10(14(17)18)6-9(12)2/h4-7,15H,3,8H2,1-2H3,(H,17,18). The third-order valence-electron chi connectivity index (χ3n) is 2.85. The minimum absolute atomic E-state index is 0.311. The summed E-state index contributed by atoms with van der Waals surface area (Å²) >= 11 is 1.70. The zero-order valence-corrected chi connectivity index (χ0v) is 11.8. The van der Waals surface area contributed by atoms with Crippen LogP contribution in [0.2, 0.25) is 0 Å². The highest BCUT2D eigenvalue weighted by atomic mass is 32.1. The van der Waals surface area contributed by atoms with Crippen molar-refractivity contribution in [3.05, 3.63) is 45.4 Å². The molecule has 100 valence electrons. The Morgan fingerprint density at radius 3 is 2.84 bits per heavy atom. The summed E-state index contributed by atoms with van der Waals surface area (Å²) < 4.78 is 0. The van der Waals surface area contributed by atoms with Crippen LogP contribution in [0.1, 0.15) is 32.7 Å². The number of nitrogens with zero attached hydrogens (tertiary/aromatic N) is 1. The molecule has 0 amide bonds. The molecule has 4 nitrogen and oxygen atoms in total. The van der Waals surface area contributed by atoms with Gasteiger partial charge in [-0.1, -0.05) is 6.92 Å². The molecule has 2 aromatic rings. The molecule has 0 unspecified atom stereocenters. The van der Waals surface area contributed by atoms with Gasteiger partial charge in [0, 0.05) is 16.8 Å². The van der Waals surface area contributed by atoms with E-state index in [9.17, 15) is 4.79 Å². The summed E-state index contributed by atoms with van der Waals surface area (Å²) in [6.07, 6.45) is 2.91. The van der Waals surface area contributed by atoms with Gasteiger partial charge in [0.1, 0.15) is 5.01 Å². The van der Waals surface area contributed by atoms with Crippen molar-refractivity contribution in [1.82, 2.24) is 4.98 Å². The first-order valence-corrected chi connectivity index (χ1v) is 6.93. The average molecular weight is 276 g/mol. The van der Waals surface area contributed by atoms with Crippen LogP contribution >= 0.6 is 11.3 Å². The number of aromatic carboxylic acids is 1. The third-order valence-corrected chi connectivity index (χ3v) is 3.99. The van der Waals surface area contributed by atoms with E-state index in [0.29, 0.717) is 12.1 Å². The van der Waals surface area contributed by atoms with E-state index in [-0.39, 0.29) is 0 Å². The van der Waals surface area contributed by atoms with Crippen LogP contribution in [0.25, 0.3) is 0 Å². The van der Waals surface area contributed by atoms with Crippen LogP contribution in [-0.4, -0.2) is 16.1 Å². The Hall–Kier alpha value is -1.88. The van der Waals surface area contributed by atoms with Gasteiger partial charge in [-0.2, -0.15) is 0 Å². The van der Waals surface area contributed by atoms with Gasteiger partial charge in [0.25, 0.3) is 0 Å². The van der Waals surface area contributed by atoms with E-state index < -0.39 is 5.97 Å². The van der Waals surface area contributed by atoms with Crippen LogP contribution in [0.15, 0.2) is 24.4 Å².